The number of aliphatic imine (C=N–C) groups is 1. The highest BCUT2D eigenvalue weighted by Crippen LogP contribution is 2.22. The van der Waals surface area contributed by atoms with E-state index in [-0.39, 0.29) is 5.54 Å². The number of ether oxygens (including phenoxy) is 2. The lowest BCUT2D eigenvalue weighted by Gasteiger charge is -2.22. The smallest absolute Gasteiger partial charge is 0.188 e. The zero-order valence-electron chi connectivity index (χ0n) is 10.7. The molecule has 1 aliphatic heterocycles. The second kappa shape index (κ2) is 5.01. The molecule has 94 valence electrons. The second-order valence-electron chi connectivity index (χ2n) is 5.22. The summed E-state index contributed by atoms with van der Waals surface area (Å²) in [6.07, 6.45) is 0.722. The summed E-state index contributed by atoms with van der Waals surface area (Å²) < 4.78 is 10.9. The van der Waals surface area contributed by atoms with E-state index in [1.54, 1.807) is 0 Å². The first-order chi connectivity index (χ1) is 7.31. The van der Waals surface area contributed by atoms with Gasteiger partial charge in [0.1, 0.15) is 0 Å². The lowest BCUT2D eigenvalue weighted by atomic mass is 10.1. The molecule has 0 aromatic heterocycles. The number of rotatable bonds is 3. The molecule has 0 aliphatic carbocycles. The predicted octanol–water partition coefficient (Wildman–Crippen LogP) is 0.842. The first-order valence-corrected chi connectivity index (χ1v) is 5.67. The fourth-order valence-corrected chi connectivity index (χ4v) is 1.50. The minimum absolute atomic E-state index is 0.0577. The Labute approximate surface area is 97.4 Å². The predicted molar refractivity (Wildman–Crippen MR) is 64.3 cm³/mol. The van der Waals surface area contributed by atoms with E-state index >= 15 is 0 Å². The third-order valence-corrected chi connectivity index (χ3v) is 2.25. The van der Waals surface area contributed by atoms with Crippen LogP contribution in [-0.2, 0) is 9.47 Å². The highest BCUT2D eigenvalue weighted by Gasteiger charge is 2.30. The number of guanidine groups is 1. The van der Waals surface area contributed by atoms with Gasteiger partial charge >= 0.3 is 0 Å². The van der Waals surface area contributed by atoms with Crippen molar-refractivity contribution in [1.82, 2.24) is 5.32 Å². The van der Waals surface area contributed by atoms with Gasteiger partial charge in [-0.1, -0.05) is 0 Å². The molecule has 0 bridgehead atoms. The van der Waals surface area contributed by atoms with Crippen LogP contribution in [0.2, 0.25) is 0 Å². The van der Waals surface area contributed by atoms with E-state index in [1.165, 1.54) is 0 Å². The van der Waals surface area contributed by atoms with Crippen molar-refractivity contribution in [3.63, 3.8) is 0 Å². The van der Waals surface area contributed by atoms with Crippen molar-refractivity contribution in [1.29, 1.82) is 0 Å². The Morgan fingerprint density at radius 2 is 1.94 bits per heavy atom. The van der Waals surface area contributed by atoms with Crippen molar-refractivity contribution in [3.8, 4) is 0 Å². The number of hydrogen-bond acceptors (Lipinski definition) is 3. The van der Waals surface area contributed by atoms with E-state index in [1.807, 2.05) is 27.7 Å². The average molecular weight is 229 g/mol. The van der Waals surface area contributed by atoms with Gasteiger partial charge in [0.15, 0.2) is 11.7 Å². The number of hydrogen-bond donors (Lipinski definition) is 2. The minimum atomic E-state index is -0.481. The van der Waals surface area contributed by atoms with Crippen molar-refractivity contribution in [2.24, 2.45) is 10.7 Å². The van der Waals surface area contributed by atoms with Gasteiger partial charge in [-0.3, -0.25) is 4.99 Å². The Hall–Kier alpha value is -0.810. The fourth-order valence-electron chi connectivity index (χ4n) is 1.50. The third kappa shape index (κ3) is 4.81. The van der Waals surface area contributed by atoms with E-state index in [0.29, 0.717) is 25.7 Å². The SMILES string of the molecule is CC(C)(C)NC(N)=NCCC1(C)OCCO1. The molecule has 0 unspecified atom stereocenters. The maximum atomic E-state index is 5.74. The molecule has 0 aromatic rings. The molecule has 0 atom stereocenters. The van der Waals surface area contributed by atoms with E-state index in [0.717, 1.165) is 6.42 Å². The minimum Gasteiger partial charge on any atom is -0.370 e. The van der Waals surface area contributed by atoms with Crippen LogP contribution in [0.15, 0.2) is 4.99 Å². The normalized spacial score (nSPS) is 21.1. The average Bonchev–Trinajstić information content (AvgIpc) is 2.49. The molecule has 1 rings (SSSR count). The van der Waals surface area contributed by atoms with Crippen LogP contribution in [0, 0.1) is 0 Å². The van der Waals surface area contributed by atoms with Crippen LogP contribution in [0.3, 0.4) is 0 Å². The van der Waals surface area contributed by atoms with Crippen LogP contribution in [0.5, 0.6) is 0 Å². The largest absolute Gasteiger partial charge is 0.370 e. The molecular weight excluding hydrogens is 206 g/mol. The lowest BCUT2D eigenvalue weighted by Crippen LogP contribution is -2.45. The van der Waals surface area contributed by atoms with Gasteiger partial charge in [-0.05, 0) is 27.7 Å². The second-order valence-corrected chi connectivity index (χ2v) is 5.22. The summed E-state index contributed by atoms with van der Waals surface area (Å²) in [6, 6.07) is 0. The zero-order chi connectivity index (χ0) is 12.2. The third-order valence-electron chi connectivity index (χ3n) is 2.25. The molecule has 16 heavy (non-hydrogen) atoms. The molecule has 0 spiro atoms. The van der Waals surface area contributed by atoms with Gasteiger partial charge in [0.05, 0.1) is 13.2 Å². The van der Waals surface area contributed by atoms with Crippen LogP contribution in [0.4, 0.5) is 0 Å². The summed E-state index contributed by atoms with van der Waals surface area (Å²) in [5.74, 6) is -0.0139. The molecule has 0 saturated carbocycles. The summed E-state index contributed by atoms with van der Waals surface area (Å²) in [7, 11) is 0. The highest BCUT2D eigenvalue weighted by atomic mass is 16.7. The molecule has 0 radical (unpaired) electrons. The summed E-state index contributed by atoms with van der Waals surface area (Å²) in [5, 5.41) is 3.10. The summed E-state index contributed by atoms with van der Waals surface area (Å²) in [4.78, 5) is 4.24. The van der Waals surface area contributed by atoms with Crippen LogP contribution in [0.25, 0.3) is 0 Å². The van der Waals surface area contributed by atoms with Crippen molar-refractivity contribution in [2.45, 2.75) is 45.4 Å². The molecule has 0 aromatic carbocycles. The van der Waals surface area contributed by atoms with Gasteiger partial charge in [0.2, 0.25) is 0 Å². The van der Waals surface area contributed by atoms with Gasteiger partial charge in [-0.25, -0.2) is 0 Å². The van der Waals surface area contributed by atoms with E-state index < -0.39 is 5.79 Å². The van der Waals surface area contributed by atoms with Crippen LogP contribution in [-0.4, -0.2) is 37.0 Å². The summed E-state index contributed by atoms with van der Waals surface area (Å²) in [6.45, 7) is 9.99. The lowest BCUT2D eigenvalue weighted by molar-refractivity contribution is -0.144. The fraction of sp³-hybridized carbons (Fsp3) is 0.909. The van der Waals surface area contributed by atoms with E-state index in [9.17, 15) is 0 Å². The van der Waals surface area contributed by atoms with Crippen LogP contribution >= 0.6 is 0 Å². The Kier molecular flexibility index (Phi) is 4.15. The molecule has 3 N–H and O–H groups in total. The van der Waals surface area contributed by atoms with Gasteiger partial charge in [-0.15, -0.1) is 0 Å². The molecule has 5 heteroatoms. The quantitative estimate of drug-likeness (QED) is 0.556. The van der Waals surface area contributed by atoms with Crippen molar-refractivity contribution >= 4 is 5.96 Å². The summed E-state index contributed by atoms with van der Waals surface area (Å²) in [5.41, 5.74) is 5.69. The first kappa shape index (κ1) is 13.3. The molecule has 1 heterocycles. The molecule has 1 fully saturated rings. The van der Waals surface area contributed by atoms with Crippen molar-refractivity contribution in [2.75, 3.05) is 19.8 Å². The molecule has 1 saturated heterocycles. The Morgan fingerprint density at radius 1 is 1.38 bits per heavy atom. The Bertz CT molecular complexity index is 252. The van der Waals surface area contributed by atoms with E-state index in [4.69, 9.17) is 15.2 Å². The Morgan fingerprint density at radius 3 is 2.44 bits per heavy atom. The van der Waals surface area contributed by atoms with Crippen molar-refractivity contribution < 1.29 is 9.47 Å². The Balaban J connectivity index is 2.30. The van der Waals surface area contributed by atoms with Crippen LogP contribution < -0.4 is 11.1 Å². The number of nitrogens with two attached hydrogens (primary N) is 1. The van der Waals surface area contributed by atoms with Crippen molar-refractivity contribution in [3.05, 3.63) is 0 Å². The van der Waals surface area contributed by atoms with Gasteiger partial charge in [0, 0.05) is 18.5 Å². The number of nitrogens with one attached hydrogen (secondary N) is 1. The molecule has 0 amide bonds. The molecule has 1 aliphatic rings. The monoisotopic (exact) mass is 229 g/mol. The summed E-state index contributed by atoms with van der Waals surface area (Å²) >= 11 is 0. The maximum absolute atomic E-state index is 5.74. The zero-order valence-corrected chi connectivity index (χ0v) is 10.7. The molecule has 5 nitrogen and oxygen atoms in total. The standard InChI is InChI=1S/C11H23N3O2/c1-10(2,3)14-9(12)13-6-5-11(4)15-7-8-16-11/h5-8H2,1-4H3,(H3,12,13,14). The van der Waals surface area contributed by atoms with E-state index in [2.05, 4.69) is 10.3 Å². The van der Waals surface area contributed by atoms with Gasteiger partial charge in [-0.2, -0.15) is 0 Å². The maximum Gasteiger partial charge on any atom is 0.188 e. The van der Waals surface area contributed by atoms with Gasteiger partial charge in [0.25, 0.3) is 0 Å². The first-order valence-electron chi connectivity index (χ1n) is 5.67. The van der Waals surface area contributed by atoms with Crippen LogP contribution in [0.1, 0.15) is 34.1 Å². The van der Waals surface area contributed by atoms with Gasteiger partial charge < -0.3 is 20.5 Å². The highest BCUT2D eigenvalue weighted by molar-refractivity contribution is 5.78. The molecular formula is C11H23N3O2. The topological polar surface area (TPSA) is 68.9 Å². The number of nitrogens with zero attached hydrogens (tertiary/aromatic N) is 1.